The predicted octanol–water partition coefficient (Wildman–Crippen LogP) is 11.7. The minimum absolute atomic E-state index is 0.862. The number of nitrogens with zero attached hydrogens (tertiary/aromatic N) is 1. The third-order valence-electron chi connectivity index (χ3n) is 10.2. The van der Waals surface area contributed by atoms with Gasteiger partial charge in [0.15, 0.2) is 7.14 Å². The molecule has 0 radical (unpaired) electrons. The number of para-hydroxylation sites is 2. The average molecular weight is 644 g/mol. The molecule has 2 aliphatic heterocycles. The molecule has 49 heavy (non-hydrogen) atoms. The lowest BCUT2D eigenvalue weighted by Gasteiger charge is -2.30. The van der Waals surface area contributed by atoms with Gasteiger partial charge in [-0.15, -0.1) is 0 Å². The van der Waals surface area contributed by atoms with Crippen LogP contribution in [0.4, 0.5) is 17.1 Å². The summed E-state index contributed by atoms with van der Waals surface area (Å²) in [5.41, 5.74) is 9.67. The summed E-state index contributed by atoms with van der Waals surface area (Å²) in [7, 11) is -3.33. The van der Waals surface area contributed by atoms with Crippen LogP contribution in [0.15, 0.2) is 182 Å². The summed E-state index contributed by atoms with van der Waals surface area (Å²) in [6.07, 6.45) is 0. The van der Waals surface area contributed by atoms with Gasteiger partial charge in [0.2, 0.25) is 0 Å². The first-order chi connectivity index (χ1) is 24.2. The zero-order valence-electron chi connectivity index (χ0n) is 26.6. The van der Waals surface area contributed by atoms with Gasteiger partial charge in [-0.1, -0.05) is 152 Å². The van der Waals surface area contributed by atoms with E-state index < -0.39 is 7.14 Å². The van der Waals surface area contributed by atoms with E-state index in [-0.39, 0.29) is 0 Å². The van der Waals surface area contributed by atoms with Crippen LogP contribution in [0.1, 0.15) is 16.7 Å². The molecule has 0 aliphatic carbocycles. The van der Waals surface area contributed by atoms with Crippen molar-refractivity contribution in [2.45, 2.75) is 0 Å². The zero-order chi connectivity index (χ0) is 32.5. The number of fused-ring (bicyclic) bond motifs is 8. The van der Waals surface area contributed by atoms with Gasteiger partial charge in [0.1, 0.15) is 0 Å². The molecule has 0 saturated heterocycles. The first-order valence-corrected chi connectivity index (χ1v) is 18.4. The molecule has 2 heterocycles. The van der Waals surface area contributed by atoms with Crippen LogP contribution in [0.25, 0.3) is 43.6 Å². The molecular weight excluding hydrogens is 613 g/mol. The molecule has 2 nitrogen and oxygen atoms in total. The van der Waals surface area contributed by atoms with Gasteiger partial charge in [-0.05, 0) is 63.2 Å². The molecule has 8 aromatic carbocycles. The van der Waals surface area contributed by atoms with Crippen molar-refractivity contribution in [1.82, 2.24) is 0 Å². The summed E-state index contributed by atoms with van der Waals surface area (Å²) >= 11 is 0. The minimum Gasteiger partial charge on any atom is -0.309 e. The molecule has 0 N–H and O–H groups in total. The summed E-state index contributed by atoms with van der Waals surface area (Å²) in [6.45, 7) is 0. The van der Waals surface area contributed by atoms with E-state index in [1.54, 1.807) is 0 Å². The van der Waals surface area contributed by atoms with Gasteiger partial charge < -0.3 is 9.46 Å². The molecule has 0 aromatic heterocycles. The second-order valence-corrected chi connectivity index (χ2v) is 15.5. The predicted molar refractivity (Wildman–Crippen MR) is 207 cm³/mol. The topological polar surface area (TPSA) is 20.3 Å². The Balaban J connectivity index is 1.32. The third kappa shape index (κ3) is 4.11. The molecule has 1 unspecified atom stereocenters. The van der Waals surface area contributed by atoms with Gasteiger partial charge in [0.05, 0.1) is 17.1 Å². The monoisotopic (exact) mass is 643 g/mol. The van der Waals surface area contributed by atoms with Crippen molar-refractivity contribution in [3.8, 4) is 11.1 Å². The highest BCUT2D eigenvalue weighted by Crippen LogP contribution is 2.68. The third-order valence-corrected chi connectivity index (χ3v) is 13.3. The first kappa shape index (κ1) is 28.1. The van der Waals surface area contributed by atoms with E-state index in [4.69, 9.17) is 0 Å². The van der Waals surface area contributed by atoms with Crippen LogP contribution in [-0.2, 0) is 4.57 Å². The highest BCUT2D eigenvalue weighted by molar-refractivity contribution is 7.88. The molecular formula is C46H30NOP. The smallest absolute Gasteiger partial charge is 0.172 e. The van der Waals surface area contributed by atoms with Crippen molar-refractivity contribution in [2.24, 2.45) is 0 Å². The van der Waals surface area contributed by atoms with Crippen LogP contribution in [-0.4, -0.2) is 0 Å². The molecule has 1 atom stereocenters. The average Bonchev–Trinajstić information content (AvgIpc) is 3.36. The van der Waals surface area contributed by atoms with E-state index >= 15 is 4.57 Å². The van der Waals surface area contributed by atoms with Gasteiger partial charge >= 0.3 is 0 Å². The zero-order valence-corrected chi connectivity index (χ0v) is 27.5. The Morgan fingerprint density at radius 1 is 0.408 bits per heavy atom. The molecule has 0 amide bonds. The van der Waals surface area contributed by atoms with Gasteiger partial charge in [-0.2, -0.15) is 0 Å². The van der Waals surface area contributed by atoms with Crippen molar-refractivity contribution < 1.29 is 4.57 Å². The molecule has 0 fully saturated rings. The van der Waals surface area contributed by atoms with Gasteiger partial charge in [-0.25, -0.2) is 0 Å². The number of benzene rings is 8. The summed E-state index contributed by atoms with van der Waals surface area (Å²) in [4.78, 5) is 2.41. The molecule has 0 saturated carbocycles. The maximum Gasteiger partial charge on any atom is 0.172 e. The Hall–Kier alpha value is -5.95. The highest BCUT2D eigenvalue weighted by atomic mass is 31.2. The SMILES string of the molecule is O=P1(c2ccc3ccccc3c2)C2=C(c3ccccc3N(c3cc(-c4ccccc4)cc4ccccc34)c3ccccc32)c2ccccc21. The normalized spacial score (nSPS) is 16.2. The van der Waals surface area contributed by atoms with E-state index in [2.05, 4.69) is 181 Å². The minimum atomic E-state index is -3.33. The number of hydrogen-bond acceptors (Lipinski definition) is 2. The van der Waals surface area contributed by atoms with E-state index in [9.17, 15) is 0 Å². The van der Waals surface area contributed by atoms with Crippen molar-refractivity contribution in [3.05, 3.63) is 199 Å². The van der Waals surface area contributed by atoms with Crippen molar-refractivity contribution in [1.29, 1.82) is 0 Å². The maximum absolute atomic E-state index is 16.4. The molecule has 10 rings (SSSR count). The fraction of sp³-hybridized carbons (Fsp3) is 0. The van der Waals surface area contributed by atoms with Crippen LogP contribution < -0.4 is 15.5 Å². The molecule has 0 spiro atoms. The van der Waals surface area contributed by atoms with Gasteiger partial charge in [0.25, 0.3) is 0 Å². The summed E-state index contributed by atoms with van der Waals surface area (Å²) in [5.74, 6) is 0. The van der Waals surface area contributed by atoms with Crippen LogP contribution in [0.2, 0.25) is 0 Å². The second kappa shape index (κ2) is 10.8. The summed E-state index contributed by atoms with van der Waals surface area (Å²) < 4.78 is 16.4. The largest absolute Gasteiger partial charge is 0.309 e. The highest BCUT2D eigenvalue weighted by Gasteiger charge is 2.46. The van der Waals surface area contributed by atoms with Crippen LogP contribution >= 0.6 is 7.14 Å². The van der Waals surface area contributed by atoms with Crippen molar-refractivity contribution in [2.75, 3.05) is 4.90 Å². The van der Waals surface area contributed by atoms with Gasteiger partial charge in [-0.3, -0.25) is 0 Å². The maximum atomic E-state index is 16.4. The van der Waals surface area contributed by atoms with E-state index in [1.165, 1.54) is 10.9 Å². The summed E-state index contributed by atoms with van der Waals surface area (Å²) in [5, 5.41) is 7.25. The van der Waals surface area contributed by atoms with E-state index in [0.717, 1.165) is 77.0 Å². The lowest BCUT2D eigenvalue weighted by Crippen LogP contribution is -2.18. The molecule has 230 valence electrons. The molecule has 2 aliphatic rings. The Morgan fingerprint density at radius 3 is 1.84 bits per heavy atom. The molecule has 3 heteroatoms. The van der Waals surface area contributed by atoms with Gasteiger partial charge in [0, 0.05) is 38.0 Å². The second-order valence-electron chi connectivity index (χ2n) is 12.8. The Kier molecular flexibility index (Phi) is 6.19. The number of rotatable bonds is 3. The quantitative estimate of drug-likeness (QED) is 0.179. The fourth-order valence-corrected chi connectivity index (χ4v) is 11.3. The number of anilines is 3. The standard InChI is InChI=1S/C46H30NOP/c48-49(36-27-26-32-16-4-5-17-33(32)29-36)44-25-13-10-22-40(44)45-38-20-8-11-23-41(38)47(42-24-12-9-21-39(42)46(45)49)43-30-35(31-14-2-1-3-15-31)28-34-18-6-7-19-37(34)43/h1-30H. The van der Waals surface area contributed by atoms with Crippen LogP contribution in [0.5, 0.6) is 0 Å². The van der Waals surface area contributed by atoms with E-state index in [0.29, 0.717) is 0 Å². The van der Waals surface area contributed by atoms with Crippen LogP contribution in [0.3, 0.4) is 0 Å². The van der Waals surface area contributed by atoms with Crippen molar-refractivity contribution in [3.63, 3.8) is 0 Å². The van der Waals surface area contributed by atoms with E-state index in [1.807, 2.05) is 6.07 Å². The fourth-order valence-electron chi connectivity index (χ4n) is 7.99. The van der Waals surface area contributed by atoms with Crippen LogP contribution in [0, 0.1) is 0 Å². The summed E-state index contributed by atoms with van der Waals surface area (Å²) in [6, 6.07) is 64.1. The lowest BCUT2D eigenvalue weighted by molar-refractivity contribution is 0.593. The first-order valence-electron chi connectivity index (χ1n) is 16.7. The Bertz CT molecular complexity index is 2710. The Morgan fingerprint density at radius 2 is 1.02 bits per heavy atom. The Labute approximate surface area is 285 Å². The molecule has 8 aromatic rings. The number of hydrogen-bond donors (Lipinski definition) is 0. The lowest BCUT2D eigenvalue weighted by atomic mass is 9.95. The van der Waals surface area contributed by atoms with Crippen molar-refractivity contribution >= 4 is 67.2 Å². The molecule has 0 bridgehead atoms.